The zero-order valence-corrected chi connectivity index (χ0v) is 26.6. The molecule has 1 aliphatic heterocycles. The van der Waals surface area contributed by atoms with Gasteiger partial charge in [0.15, 0.2) is 0 Å². The fourth-order valence-electron chi connectivity index (χ4n) is 5.27. The van der Waals surface area contributed by atoms with E-state index in [0.29, 0.717) is 16.6 Å². The number of benzene rings is 2. The van der Waals surface area contributed by atoms with Crippen LogP contribution in [0.25, 0.3) is 10.9 Å². The first-order valence-corrected chi connectivity index (χ1v) is 15.7. The number of nitrogens with zero attached hydrogens (tertiary/aromatic N) is 6. The fraction of sp³-hybridized carbons (Fsp3) is 0.387. The molecule has 7 nitrogen and oxygen atoms in total. The van der Waals surface area contributed by atoms with Crippen molar-refractivity contribution in [2.45, 2.75) is 25.9 Å². The van der Waals surface area contributed by atoms with Crippen LogP contribution in [0.4, 0.5) is 5.82 Å². The summed E-state index contributed by atoms with van der Waals surface area (Å²) in [4.78, 5) is 21.8. The van der Waals surface area contributed by atoms with E-state index in [1.165, 1.54) is 0 Å². The van der Waals surface area contributed by atoms with Crippen molar-refractivity contribution in [1.29, 1.82) is 0 Å². The molecule has 1 aliphatic rings. The van der Waals surface area contributed by atoms with Crippen molar-refractivity contribution < 1.29 is 0 Å². The first kappa shape index (κ1) is 30.1. The third-order valence-corrected chi connectivity index (χ3v) is 8.47. The molecule has 0 bridgehead atoms. The lowest BCUT2D eigenvalue weighted by atomic mass is 10.00. The van der Waals surface area contributed by atoms with Crippen molar-refractivity contribution in [1.82, 2.24) is 29.7 Å². The summed E-state index contributed by atoms with van der Waals surface area (Å²) in [5.74, 6) is 1.76. The van der Waals surface area contributed by atoms with Gasteiger partial charge in [-0.2, -0.15) is 0 Å². The second-order valence-corrected chi connectivity index (χ2v) is 12.3. The largest absolute Gasteiger partial charge is 0.369 e. The van der Waals surface area contributed by atoms with Crippen LogP contribution in [0.1, 0.15) is 36.5 Å². The Morgan fingerprint density at radius 1 is 1.00 bits per heavy atom. The zero-order valence-electron chi connectivity index (χ0n) is 23.5. The molecule has 1 fully saturated rings. The van der Waals surface area contributed by atoms with Crippen molar-refractivity contribution in [3.8, 4) is 0 Å². The smallest absolute Gasteiger partial charge is 0.145 e. The molecule has 0 spiro atoms. The molecule has 1 saturated heterocycles. The summed E-state index contributed by atoms with van der Waals surface area (Å²) < 4.78 is 0.950. The maximum Gasteiger partial charge on any atom is 0.145 e. The number of hydrogen-bond donors (Lipinski definition) is 1. The third kappa shape index (κ3) is 7.95. The number of hydrogen-bond acceptors (Lipinski definition) is 7. The van der Waals surface area contributed by atoms with E-state index < -0.39 is 0 Å². The Morgan fingerprint density at radius 2 is 1.76 bits per heavy atom. The summed E-state index contributed by atoms with van der Waals surface area (Å²) in [7, 11) is 2.15. The van der Waals surface area contributed by atoms with Gasteiger partial charge in [0.25, 0.3) is 0 Å². The summed E-state index contributed by atoms with van der Waals surface area (Å²) in [6, 6.07) is 18.1. The van der Waals surface area contributed by atoms with Crippen molar-refractivity contribution in [2.24, 2.45) is 0 Å². The SMILES string of the molecule is CCN(C)CCCNc1nc(CN2CCN(C(c3cc(Cl)cc(Cl)c3)c3ccc(Br)cn3)CC2)nc2ccccc12. The van der Waals surface area contributed by atoms with Crippen LogP contribution in [0.2, 0.25) is 10.0 Å². The quantitative estimate of drug-likeness (QED) is 0.179. The molecule has 2 aromatic heterocycles. The van der Waals surface area contributed by atoms with Crippen LogP contribution in [0, 0.1) is 0 Å². The van der Waals surface area contributed by atoms with E-state index in [2.05, 4.69) is 68.1 Å². The summed E-state index contributed by atoms with van der Waals surface area (Å²) in [5.41, 5.74) is 2.99. The van der Waals surface area contributed by atoms with Gasteiger partial charge in [-0.3, -0.25) is 14.8 Å². The van der Waals surface area contributed by atoms with E-state index in [1.54, 1.807) is 6.07 Å². The molecule has 0 saturated carbocycles. The standard InChI is InChI=1S/C31H36BrCl2N7/c1-3-39(2)12-6-11-35-31-26-7-4-5-8-27(26)37-29(38-31)21-40-13-15-41(16-14-40)30(28-10-9-23(32)20-36-28)22-17-24(33)19-25(34)18-22/h4-5,7-10,17-20,30H,3,6,11-16,21H2,1-2H3,(H,35,37,38). The number of para-hydroxylation sites is 1. The normalized spacial score (nSPS) is 15.5. The summed E-state index contributed by atoms with van der Waals surface area (Å²) >= 11 is 16.3. The lowest BCUT2D eigenvalue weighted by molar-refractivity contribution is 0.102. The molecule has 216 valence electrons. The molecular weight excluding hydrogens is 621 g/mol. The Morgan fingerprint density at radius 3 is 2.46 bits per heavy atom. The minimum atomic E-state index is -0.0408. The number of fused-ring (bicyclic) bond motifs is 1. The van der Waals surface area contributed by atoms with E-state index in [1.807, 2.05) is 36.5 Å². The van der Waals surface area contributed by atoms with Gasteiger partial charge in [0.2, 0.25) is 0 Å². The molecule has 1 N–H and O–H groups in total. The maximum absolute atomic E-state index is 6.41. The summed E-state index contributed by atoms with van der Waals surface area (Å²) in [5, 5.41) is 5.90. The highest BCUT2D eigenvalue weighted by Crippen LogP contribution is 2.33. The highest BCUT2D eigenvalue weighted by Gasteiger charge is 2.28. The molecule has 0 aliphatic carbocycles. The molecule has 1 unspecified atom stereocenters. The van der Waals surface area contributed by atoms with E-state index in [0.717, 1.165) is 90.5 Å². The fourth-order valence-corrected chi connectivity index (χ4v) is 6.05. The Kier molecular flexibility index (Phi) is 10.5. The van der Waals surface area contributed by atoms with Crippen LogP contribution >= 0.6 is 39.1 Å². The molecule has 3 heterocycles. The average molecular weight is 657 g/mol. The Hall–Kier alpha value is -2.33. The van der Waals surface area contributed by atoms with Crippen LogP contribution in [-0.4, -0.2) is 82.5 Å². The van der Waals surface area contributed by atoms with Crippen LogP contribution < -0.4 is 5.32 Å². The van der Waals surface area contributed by atoms with Gasteiger partial charge in [0.05, 0.1) is 23.8 Å². The van der Waals surface area contributed by atoms with Gasteiger partial charge < -0.3 is 10.2 Å². The summed E-state index contributed by atoms with van der Waals surface area (Å²) in [6.07, 6.45) is 2.90. The number of piperazine rings is 1. The van der Waals surface area contributed by atoms with Crippen LogP contribution in [-0.2, 0) is 6.54 Å². The van der Waals surface area contributed by atoms with Gasteiger partial charge in [-0.05, 0) is 90.5 Å². The molecule has 5 rings (SSSR count). The zero-order chi connectivity index (χ0) is 28.8. The predicted molar refractivity (Wildman–Crippen MR) is 173 cm³/mol. The molecule has 4 aromatic rings. The van der Waals surface area contributed by atoms with Crippen molar-refractivity contribution in [3.63, 3.8) is 0 Å². The van der Waals surface area contributed by atoms with Gasteiger partial charge in [0, 0.05) is 58.8 Å². The number of aromatic nitrogens is 3. The van der Waals surface area contributed by atoms with Crippen molar-refractivity contribution in [2.75, 3.05) is 58.2 Å². The second-order valence-electron chi connectivity index (χ2n) is 10.5. The van der Waals surface area contributed by atoms with Gasteiger partial charge in [0.1, 0.15) is 11.6 Å². The number of nitrogens with one attached hydrogen (secondary N) is 1. The minimum absolute atomic E-state index is 0.0408. The highest BCUT2D eigenvalue weighted by molar-refractivity contribution is 9.10. The second kappa shape index (κ2) is 14.2. The Labute approximate surface area is 261 Å². The highest BCUT2D eigenvalue weighted by atomic mass is 79.9. The Bertz CT molecular complexity index is 1420. The first-order valence-electron chi connectivity index (χ1n) is 14.1. The number of rotatable bonds is 11. The van der Waals surface area contributed by atoms with E-state index in [9.17, 15) is 0 Å². The van der Waals surface area contributed by atoms with E-state index in [4.69, 9.17) is 38.2 Å². The number of anilines is 1. The molecule has 1 atom stereocenters. The van der Waals surface area contributed by atoms with Crippen molar-refractivity contribution >= 4 is 55.9 Å². The minimum Gasteiger partial charge on any atom is -0.369 e. The molecule has 0 amide bonds. The Balaban J connectivity index is 1.29. The maximum atomic E-state index is 6.41. The first-order chi connectivity index (χ1) is 19.9. The van der Waals surface area contributed by atoms with E-state index in [-0.39, 0.29) is 6.04 Å². The lowest BCUT2D eigenvalue weighted by Gasteiger charge is -2.39. The topological polar surface area (TPSA) is 60.4 Å². The average Bonchev–Trinajstić information content (AvgIpc) is 2.96. The van der Waals surface area contributed by atoms with Crippen LogP contribution in [0.15, 0.2) is 65.3 Å². The third-order valence-electron chi connectivity index (χ3n) is 7.57. The molecule has 10 heteroatoms. The van der Waals surface area contributed by atoms with Crippen molar-refractivity contribution in [3.05, 3.63) is 92.4 Å². The van der Waals surface area contributed by atoms with Gasteiger partial charge in [-0.15, -0.1) is 0 Å². The molecule has 0 radical (unpaired) electrons. The van der Waals surface area contributed by atoms with Crippen LogP contribution in [0.5, 0.6) is 0 Å². The van der Waals surface area contributed by atoms with Gasteiger partial charge in [-0.25, -0.2) is 9.97 Å². The van der Waals surface area contributed by atoms with E-state index >= 15 is 0 Å². The number of halogens is 3. The monoisotopic (exact) mass is 655 g/mol. The van der Waals surface area contributed by atoms with Gasteiger partial charge >= 0.3 is 0 Å². The molecular formula is C31H36BrCl2N7. The van der Waals surface area contributed by atoms with Gasteiger partial charge in [-0.1, -0.05) is 42.3 Å². The lowest BCUT2D eigenvalue weighted by Crippen LogP contribution is -2.47. The molecule has 2 aromatic carbocycles. The predicted octanol–water partition coefficient (Wildman–Crippen LogP) is 6.76. The summed E-state index contributed by atoms with van der Waals surface area (Å²) in [6.45, 7) is 9.41. The number of pyridine rings is 1. The van der Waals surface area contributed by atoms with Crippen LogP contribution in [0.3, 0.4) is 0 Å². The molecule has 41 heavy (non-hydrogen) atoms.